The molecule has 1 aromatic carbocycles. The highest BCUT2D eigenvalue weighted by molar-refractivity contribution is 7.80. The number of nitrogens with one attached hydrogen (secondary N) is 1. The Kier molecular flexibility index (Phi) is 3.76. The summed E-state index contributed by atoms with van der Waals surface area (Å²) in [7, 11) is 0. The van der Waals surface area contributed by atoms with E-state index in [1.807, 2.05) is 24.3 Å². The lowest BCUT2D eigenvalue weighted by Crippen LogP contribution is -2.09. The van der Waals surface area contributed by atoms with Gasteiger partial charge in [-0.05, 0) is 53.6 Å². The summed E-state index contributed by atoms with van der Waals surface area (Å²) in [5, 5.41) is 7.67. The summed E-state index contributed by atoms with van der Waals surface area (Å²) < 4.78 is 0. The lowest BCUT2D eigenvalue weighted by molar-refractivity contribution is 0.890. The van der Waals surface area contributed by atoms with E-state index in [-0.39, 0.29) is 0 Å². The van der Waals surface area contributed by atoms with Crippen LogP contribution in [0.1, 0.15) is 24.1 Å². The van der Waals surface area contributed by atoms with Crippen molar-refractivity contribution in [3.8, 4) is 0 Å². The van der Waals surface area contributed by atoms with Gasteiger partial charge < -0.3 is 11.1 Å². The third-order valence-electron chi connectivity index (χ3n) is 2.60. The molecule has 0 spiro atoms. The van der Waals surface area contributed by atoms with Gasteiger partial charge in [-0.1, -0.05) is 12.2 Å². The molecule has 2 nitrogen and oxygen atoms in total. The largest absolute Gasteiger partial charge is 0.389 e. The molecule has 17 heavy (non-hydrogen) atoms. The molecule has 2 rings (SSSR count). The van der Waals surface area contributed by atoms with Gasteiger partial charge in [0.05, 0.1) is 0 Å². The number of hydrogen-bond acceptors (Lipinski definition) is 3. The Bertz CT molecular complexity index is 489. The minimum absolute atomic E-state index is 0.303. The molecule has 1 aromatic heterocycles. The Morgan fingerprint density at radius 3 is 2.53 bits per heavy atom. The van der Waals surface area contributed by atoms with E-state index < -0.39 is 0 Å². The van der Waals surface area contributed by atoms with Gasteiger partial charge in [-0.15, -0.1) is 0 Å². The van der Waals surface area contributed by atoms with Gasteiger partial charge >= 0.3 is 0 Å². The molecular formula is C13H14N2S2. The average molecular weight is 262 g/mol. The molecule has 3 N–H and O–H groups in total. The molecule has 88 valence electrons. The van der Waals surface area contributed by atoms with Crippen LogP contribution in [0.2, 0.25) is 0 Å². The fourth-order valence-corrected chi connectivity index (χ4v) is 2.48. The van der Waals surface area contributed by atoms with Crippen molar-refractivity contribution >= 4 is 34.2 Å². The van der Waals surface area contributed by atoms with E-state index in [2.05, 4.69) is 29.1 Å². The molecule has 2 aromatic rings. The highest BCUT2D eigenvalue weighted by Gasteiger charge is 2.05. The number of nitrogens with two attached hydrogens (primary N) is 1. The fraction of sp³-hybridized carbons (Fsp3) is 0.154. The quantitative estimate of drug-likeness (QED) is 0.827. The number of hydrogen-bond donors (Lipinski definition) is 2. The molecule has 0 bridgehead atoms. The van der Waals surface area contributed by atoms with Crippen molar-refractivity contribution in [3.63, 3.8) is 0 Å². The lowest BCUT2D eigenvalue weighted by atomic mass is 10.1. The van der Waals surface area contributed by atoms with E-state index in [0.29, 0.717) is 11.0 Å². The van der Waals surface area contributed by atoms with Crippen molar-refractivity contribution in [3.05, 3.63) is 52.2 Å². The van der Waals surface area contributed by atoms with Crippen LogP contribution in [0.15, 0.2) is 41.1 Å². The molecule has 0 aliphatic carbocycles. The maximum absolute atomic E-state index is 5.55. The predicted molar refractivity (Wildman–Crippen MR) is 78.7 cm³/mol. The molecule has 0 saturated heterocycles. The van der Waals surface area contributed by atoms with Crippen LogP contribution in [0, 0.1) is 0 Å². The topological polar surface area (TPSA) is 38.0 Å². The highest BCUT2D eigenvalue weighted by Crippen LogP contribution is 2.21. The first-order valence-corrected chi connectivity index (χ1v) is 6.70. The summed E-state index contributed by atoms with van der Waals surface area (Å²) in [5.41, 5.74) is 8.82. The fourth-order valence-electron chi connectivity index (χ4n) is 1.59. The molecule has 0 aliphatic heterocycles. The van der Waals surface area contributed by atoms with Gasteiger partial charge in [0.25, 0.3) is 0 Å². The smallest absolute Gasteiger partial charge is 0.103 e. The monoisotopic (exact) mass is 262 g/mol. The molecular weight excluding hydrogens is 248 g/mol. The minimum Gasteiger partial charge on any atom is -0.389 e. The van der Waals surface area contributed by atoms with Crippen LogP contribution >= 0.6 is 23.6 Å². The van der Waals surface area contributed by atoms with Crippen LogP contribution in [-0.4, -0.2) is 4.99 Å². The summed E-state index contributed by atoms with van der Waals surface area (Å²) in [6.45, 7) is 2.14. The summed E-state index contributed by atoms with van der Waals surface area (Å²) in [4.78, 5) is 0.433. The third kappa shape index (κ3) is 3.05. The Balaban J connectivity index is 2.06. The minimum atomic E-state index is 0.303. The first-order chi connectivity index (χ1) is 8.16. The third-order valence-corrected chi connectivity index (χ3v) is 3.53. The number of anilines is 1. The van der Waals surface area contributed by atoms with Crippen LogP contribution in [0.3, 0.4) is 0 Å². The van der Waals surface area contributed by atoms with Crippen LogP contribution in [0.5, 0.6) is 0 Å². The first-order valence-electron chi connectivity index (χ1n) is 5.35. The SMILES string of the molecule is CC(Nc1ccc(C(N)=S)cc1)c1ccsc1. The molecule has 0 fully saturated rings. The van der Waals surface area contributed by atoms with Gasteiger partial charge in [-0.3, -0.25) is 0 Å². The van der Waals surface area contributed by atoms with E-state index in [4.69, 9.17) is 18.0 Å². The standard InChI is InChI=1S/C13H14N2S2/c1-9(11-6-7-17-8-11)15-12-4-2-10(3-5-12)13(14)16/h2-9,15H,1H3,(H2,14,16). The Labute approximate surface area is 110 Å². The Morgan fingerprint density at radius 2 is 2.00 bits per heavy atom. The first kappa shape index (κ1) is 12.1. The predicted octanol–water partition coefficient (Wildman–Crippen LogP) is 3.56. The molecule has 1 heterocycles. The van der Waals surface area contributed by atoms with Crippen molar-refractivity contribution in [2.75, 3.05) is 5.32 Å². The summed E-state index contributed by atoms with van der Waals surface area (Å²) in [6, 6.07) is 10.3. The number of benzene rings is 1. The summed E-state index contributed by atoms with van der Waals surface area (Å²) in [5.74, 6) is 0. The van der Waals surface area contributed by atoms with Crippen molar-refractivity contribution < 1.29 is 0 Å². The van der Waals surface area contributed by atoms with Gasteiger partial charge in [0, 0.05) is 17.3 Å². The molecule has 0 amide bonds. The Hall–Kier alpha value is -1.39. The van der Waals surface area contributed by atoms with Crippen molar-refractivity contribution in [1.82, 2.24) is 0 Å². The number of rotatable bonds is 4. The van der Waals surface area contributed by atoms with E-state index in [1.54, 1.807) is 11.3 Å². The van der Waals surface area contributed by atoms with Gasteiger partial charge in [0.2, 0.25) is 0 Å². The second kappa shape index (κ2) is 5.29. The number of thiocarbonyl (C=S) groups is 1. The van der Waals surface area contributed by atoms with Gasteiger partial charge in [-0.2, -0.15) is 11.3 Å². The van der Waals surface area contributed by atoms with E-state index in [9.17, 15) is 0 Å². The van der Waals surface area contributed by atoms with Crippen molar-refractivity contribution in [2.45, 2.75) is 13.0 Å². The maximum atomic E-state index is 5.55. The Morgan fingerprint density at radius 1 is 1.29 bits per heavy atom. The number of thiophene rings is 1. The zero-order valence-electron chi connectivity index (χ0n) is 9.51. The second-order valence-corrected chi connectivity index (χ2v) is 5.08. The van der Waals surface area contributed by atoms with E-state index in [0.717, 1.165) is 11.3 Å². The van der Waals surface area contributed by atoms with Crippen molar-refractivity contribution in [1.29, 1.82) is 0 Å². The zero-order chi connectivity index (χ0) is 12.3. The molecule has 0 saturated carbocycles. The van der Waals surface area contributed by atoms with Gasteiger partial charge in [0.1, 0.15) is 4.99 Å². The molecule has 0 radical (unpaired) electrons. The molecule has 1 unspecified atom stereocenters. The van der Waals surface area contributed by atoms with Crippen molar-refractivity contribution in [2.24, 2.45) is 5.73 Å². The zero-order valence-corrected chi connectivity index (χ0v) is 11.1. The average Bonchev–Trinajstić information content (AvgIpc) is 2.83. The van der Waals surface area contributed by atoms with Crippen LogP contribution in [0.4, 0.5) is 5.69 Å². The maximum Gasteiger partial charge on any atom is 0.103 e. The van der Waals surface area contributed by atoms with Gasteiger partial charge in [0.15, 0.2) is 0 Å². The lowest BCUT2D eigenvalue weighted by Gasteiger charge is -2.14. The molecule has 4 heteroatoms. The molecule has 0 aliphatic rings. The summed E-state index contributed by atoms with van der Waals surface area (Å²) >= 11 is 6.63. The van der Waals surface area contributed by atoms with E-state index >= 15 is 0 Å². The van der Waals surface area contributed by atoms with Gasteiger partial charge in [-0.25, -0.2) is 0 Å². The highest BCUT2D eigenvalue weighted by atomic mass is 32.1. The van der Waals surface area contributed by atoms with E-state index in [1.165, 1.54) is 5.56 Å². The van der Waals surface area contributed by atoms with Crippen LogP contribution < -0.4 is 11.1 Å². The van der Waals surface area contributed by atoms with Crippen LogP contribution in [0.25, 0.3) is 0 Å². The van der Waals surface area contributed by atoms with Crippen LogP contribution in [-0.2, 0) is 0 Å². The normalized spacial score (nSPS) is 12.1. The molecule has 1 atom stereocenters. The summed E-state index contributed by atoms with van der Waals surface area (Å²) in [6.07, 6.45) is 0. The second-order valence-electron chi connectivity index (χ2n) is 3.86.